The van der Waals surface area contributed by atoms with Gasteiger partial charge in [-0.2, -0.15) is 0 Å². The van der Waals surface area contributed by atoms with E-state index in [4.69, 9.17) is 4.43 Å². The molecule has 0 unspecified atom stereocenters. The van der Waals surface area contributed by atoms with E-state index in [1.807, 2.05) is 6.92 Å². The van der Waals surface area contributed by atoms with Crippen LogP contribution in [0.15, 0.2) is 11.6 Å². The molecule has 0 saturated heterocycles. The SMILES string of the molecule is C/C(=C/C=O)CO[Si](C(C)C)(C(C)C)C(C)C. The zero-order valence-corrected chi connectivity index (χ0v) is 13.4. The first-order chi connectivity index (χ1) is 7.78. The lowest BCUT2D eigenvalue weighted by Crippen LogP contribution is -2.48. The van der Waals surface area contributed by atoms with Crippen LogP contribution in [0.5, 0.6) is 0 Å². The van der Waals surface area contributed by atoms with Crippen LogP contribution < -0.4 is 0 Å². The van der Waals surface area contributed by atoms with Crippen LogP contribution in [0.2, 0.25) is 16.6 Å². The summed E-state index contributed by atoms with van der Waals surface area (Å²) in [6.07, 6.45) is 2.43. The maximum atomic E-state index is 10.4. The fraction of sp³-hybridized carbons (Fsp3) is 0.786. The molecule has 0 aliphatic carbocycles. The van der Waals surface area contributed by atoms with Crippen molar-refractivity contribution in [2.24, 2.45) is 0 Å². The summed E-state index contributed by atoms with van der Waals surface area (Å²) in [5, 5.41) is 0. The van der Waals surface area contributed by atoms with E-state index in [9.17, 15) is 4.79 Å². The Morgan fingerprint density at radius 2 is 1.47 bits per heavy atom. The van der Waals surface area contributed by atoms with E-state index in [0.29, 0.717) is 23.2 Å². The Balaban J connectivity index is 4.94. The van der Waals surface area contributed by atoms with Crippen molar-refractivity contribution in [3.63, 3.8) is 0 Å². The van der Waals surface area contributed by atoms with Gasteiger partial charge in [0.2, 0.25) is 8.32 Å². The highest BCUT2D eigenvalue weighted by Crippen LogP contribution is 2.42. The lowest BCUT2D eigenvalue weighted by molar-refractivity contribution is -0.104. The van der Waals surface area contributed by atoms with Gasteiger partial charge in [-0.15, -0.1) is 0 Å². The minimum Gasteiger partial charge on any atom is -0.412 e. The lowest BCUT2D eigenvalue weighted by Gasteiger charge is -2.42. The Kier molecular flexibility index (Phi) is 6.94. The molecule has 0 aliphatic heterocycles. The second kappa shape index (κ2) is 7.12. The fourth-order valence-corrected chi connectivity index (χ4v) is 8.38. The van der Waals surface area contributed by atoms with E-state index in [-0.39, 0.29) is 0 Å². The number of carbonyl (C=O) groups is 1. The highest BCUT2D eigenvalue weighted by atomic mass is 28.4. The third-order valence-corrected chi connectivity index (χ3v) is 9.67. The van der Waals surface area contributed by atoms with Crippen molar-refractivity contribution >= 4 is 14.6 Å². The standard InChI is InChI=1S/C14H28O2Si/c1-11(2)17(12(3)4,13(5)6)16-10-14(7)8-9-15/h8-9,11-13H,10H2,1-7H3/b14-8-. The molecule has 2 nitrogen and oxygen atoms in total. The Bertz CT molecular complexity index is 246. The summed E-state index contributed by atoms with van der Waals surface area (Å²) in [6.45, 7) is 16.2. The quantitative estimate of drug-likeness (QED) is 0.385. The first-order valence-electron chi connectivity index (χ1n) is 6.53. The maximum Gasteiger partial charge on any atom is 0.200 e. The zero-order chi connectivity index (χ0) is 13.6. The molecule has 0 saturated carbocycles. The summed E-state index contributed by atoms with van der Waals surface area (Å²) in [4.78, 5) is 10.4. The number of carbonyl (C=O) groups excluding carboxylic acids is 1. The fourth-order valence-electron chi connectivity index (χ4n) is 2.90. The second-order valence-corrected chi connectivity index (χ2v) is 11.2. The van der Waals surface area contributed by atoms with Crippen LogP contribution >= 0.6 is 0 Å². The molecule has 0 heterocycles. The van der Waals surface area contributed by atoms with Crippen molar-refractivity contribution in [3.8, 4) is 0 Å². The molecule has 17 heavy (non-hydrogen) atoms. The molecular formula is C14H28O2Si. The van der Waals surface area contributed by atoms with Crippen molar-refractivity contribution in [1.29, 1.82) is 0 Å². The van der Waals surface area contributed by atoms with Gasteiger partial charge in [0.1, 0.15) is 6.29 Å². The Labute approximate surface area is 108 Å². The first-order valence-corrected chi connectivity index (χ1v) is 8.67. The number of hydrogen-bond donors (Lipinski definition) is 0. The minimum atomic E-state index is -1.78. The van der Waals surface area contributed by atoms with Gasteiger partial charge in [-0.1, -0.05) is 41.5 Å². The van der Waals surface area contributed by atoms with Crippen molar-refractivity contribution < 1.29 is 9.22 Å². The van der Waals surface area contributed by atoms with Crippen LogP contribution in [0.1, 0.15) is 48.5 Å². The van der Waals surface area contributed by atoms with Crippen molar-refractivity contribution in [3.05, 3.63) is 11.6 Å². The van der Waals surface area contributed by atoms with Gasteiger partial charge in [0, 0.05) is 0 Å². The normalized spacial score (nSPS) is 13.9. The van der Waals surface area contributed by atoms with Gasteiger partial charge in [0.15, 0.2) is 0 Å². The predicted molar refractivity (Wildman–Crippen MR) is 76.8 cm³/mol. The van der Waals surface area contributed by atoms with Crippen molar-refractivity contribution in [2.45, 2.75) is 65.1 Å². The van der Waals surface area contributed by atoms with Crippen molar-refractivity contribution in [2.75, 3.05) is 6.61 Å². The van der Waals surface area contributed by atoms with Gasteiger partial charge in [-0.3, -0.25) is 4.79 Å². The second-order valence-electron chi connectivity index (χ2n) is 5.76. The summed E-state index contributed by atoms with van der Waals surface area (Å²) < 4.78 is 6.34. The van der Waals surface area contributed by atoms with Gasteiger partial charge in [0.05, 0.1) is 6.61 Å². The molecule has 0 aliphatic rings. The largest absolute Gasteiger partial charge is 0.412 e. The molecule has 0 aromatic rings. The molecule has 0 bridgehead atoms. The van der Waals surface area contributed by atoms with E-state index < -0.39 is 8.32 Å². The van der Waals surface area contributed by atoms with Crippen LogP contribution in [0.4, 0.5) is 0 Å². The molecule has 0 aromatic carbocycles. The third kappa shape index (κ3) is 4.07. The number of hydrogen-bond acceptors (Lipinski definition) is 2. The Hall–Kier alpha value is -0.413. The predicted octanol–water partition coefficient (Wildman–Crippen LogP) is 4.32. The zero-order valence-electron chi connectivity index (χ0n) is 12.4. The molecule has 0 spiro atoms. The number of aldehydes is 1. The molecule has 0 N–H and O–H groups in total. The van der Waals surface area contributed by atoms with Gasteiger partial charge < -0.3 is 4.43 Å². The van der Waals surface area contributed by atoms with Gasteiger partial charge in [0.25, 0.3) is 0 Å². The summed E-state index contributed by atoms with van der Waals surface area (Å²) >= 11 is 0. The van der Waals surface area contributed by atoms with Crippen LogP contribution in [0, 0.1) is 0 Å². The smallest absolute Gasteiger partial charge is 0.200 e. The third-order valence-electron chi connectivity index (χ3n) is 3.61. The number of allylic oxidation sites excluding steroid dienone is 1. The van der Waals surface area contributed by atoms with E-state index in [1.54, 1.807) is 6.08 Å². The summed E-state index contributed by atoms with van der Waals surface area (Å²) in [7, 11) is -1.78. The van der Waals surface area contributed by atoms with Crippen LogP contribution in [-0.4, -0.2) is 21.2 Å². The van der Waals surface area contributed by atoms with Crippen molar-refractivity contribution in [1.82, 2.24) is 0 Å². The summed E-state index contributed by atoms with van der Waals surface area (Å²) in [5.41, 5.74) is 2.78. The Morgan fingerprint density at radius 1 is 1.06 bits per heavy atom. The Morgan fingerprint density at radius 3 is 1.76 bits per heavy atom. The maximum absolute atomic E-state index is 10.4. The first kappa shape index (κ1) is 16.6. The van der Waals surface area contributed by atoms with E-state index in [2.05, 4.69) is 41.5 Å². The van der Waals surface area contributed by atoms with Gasteiger partial charge >= 0.3 is 0 Å². The van der Waals surface area contributed by atoms with Crippen LogP contribution in [-0.2, 0) is 9.22 Å². The minimum absolute atomic E-state index is 0.589. The average molecular weight is 256 g/mol. The van der Waals surface area contributed by atoms with E-state index in [0.717, 1.165) is 11.9 Å². The molecule has 0 fully saturated rings. The highest BCUT2D eigenvalue weighted by molar-refractivity contribution is 6.77. The van der Waals surface area contributed by atoms with E-state index >= 15 is 0 Å². The molecule has 100 valence electrons. The topological polar surface area (TPSA) is 26.3 Å². The van der Waals surface area contributed by atoms with Gasteiger partial charge in [-0.25, -0.2) is 0 Å². The number of rotatable bonds is 7. The molecule has 0 aromatic heterocycles. The highest BCUT2D eigenvalue weighted by Gasteiger charge is 2.44. The summed E-state index contributed by atoms with van der Waals surface area (Å²) in [6, 6.07) is 0. The monoisotopic (exact) mass is 256 g/mol. The lowest BCUT2D eigenvalue weighted by atomic mass is 10.3. The van der Waals surface area contributed by atoms with Gasteiger partial charge in [-0.05, 0) is 35.2 Å². The molecule has 0 radical (unpaired) electrons. The molecule has 0 amide bonds. The average Bonchev–Trinajstić information content (AvgIpc) is 2.17. The molecular weight excluding hydrogens is 228 g/mol. The molecule has 0 atom stereocenters. The molecule has 3 heteroatoms. The molecule has 0 rings (SSSR count). The van der Waals surface area contributed by atoms with Crippen LogP contribution in [0.3, 0.4) is 0 Å². The van der Waals surface area contributed by atoms with Crippen LogP contribution in [0.25, 0.3) is 0 Å². The van der Waals surface area contributed by atoms with E-state index in [1.165, 1.54) is 0 Å². The summed E-state index contributed by atoms with van der Waals surface area (Å²) in [5.74, 6) is 0.